The van der Waals surface area contributed by atoms with E-state index in [2.05, 4.69) is 170 Å². The molecule has 2 aromatic heterocycles. The van der Waals surface area contributed by atoms with E-state index in [4.69, 9.17) is 14.4 Å². The summed E-state index contributed by atoms with van der Waals surface area (Å²) in [6.45, 7) is 0. The molecular formula is C52H34N2O. The lowest BCUT2D eigenvalue weighted by Crippen LogP contribution is -1.96. The molecule has 10 rings (SSSR count). The molecule has 0 aliphatic heterocycles. The highest BCUT2D eigenvalue weighted by atomic mass is 16.3. The molecule has 8 aromatic carbocycles. The van der Waals surface area contributed by atoms with Gasteiger partial charge in [0.1, 0.15) is 11.2 Å². The highest BCUT2D eigenvalue weighted by Gasteiger charge is 2.18. The van der Waals surface area contributed by atoms with E-state index in [1.165, 1.54) is 27.8 Å². The van der Waals surface area contributed by atoms with Gasteiger partial charge in [0.15, 0.2) is 5.82 Å². The van der Waals surface area contributed by atoms with Crippen LogP contribution in [0.2, 0.25) is 0 Å². The Morgan fingerprint density at radius 2 is 0.727 bits per heavy atom. The van der Waals surface area contributed by atoms with Gasteiger partial charge in [-0.15, -0.1) is 0 Å². The maximum absolute atomic E-state index is 6.52. The number of hydrogen-bond acceptors (Lipinski definition) is 3. The summed E-state index contributed by atoms with van der Waals surface area (Å²) in [4.78, 5) is 10.5. The first-order valence-corrected chi connectivity index (χ1v) is 18.6. The average molecular weight is 703 g/mol. The number of nitrogens with zero attached hydrogens (tertiary/aromatic N) is 2. The first-order valence-electron chi connectivity index (χ1n) is 18.6. The number of furan rings is 1. The molecule has 2 heterocycles. The minimum absolute atomic E-state index is 0.652. The van der Waals surface area contributed by atoms with Gasteiger partial charge in [-0.25, -0.2) is 9.97 Å². The van der Waals surface area contributed by atoms with Crippen molar-refractivity contribution in [2.24, 2.45) is 0 Å². The quantitative estimate of drug-likeness (QED) is 0.166. The molecule has 258 valence electrons. The monoisotopic (exact) mass is 702 g/mol. The van der Waals surface area contributed by atoms with Crippen LogP contribution in [0.3, 0.4) is 0 Å². The molecule has 0 spiro atoms. The summed E-state index contributed by atoms with van der Waals surface area (Å²) < 4.78 is 6.52. The number of aromatic nitrogens is 2. The van der Waals surface area contributed by atoms with E-state index in [0.717, 1.165) is 66.7 Å². The van der Waals surface area contributed by atoms with Crippen LogP contribution in [0.25, 0.3) is 100 Å². The van der Waals surface area contributed by atoms with Crippen molar-refractivity contribution in [2.75, 3.05) is 0 Å². The molecule has 0 radical (unpaired) electrons. The SMILES string of the molecule is c1ccc(-c2ccc(-c3cc(-c4ccccc4)nc(-c4cccc5oc6ccc(-c7cc(-c8ccccc8)cc(-c8ccccc8)c7)cc6c45)n3)cc2)cc1. The smallest absolute Gasteiger partial charge is 0.161 e. The van der Waals surface area contributed by atoms with Gasteiger partial charge in [-0.05, 0) is 87.0 Å². The highest BCUT2D eigenvalue weighted by Crippen LogP contribution is 2.40. The van der Waals surface area contributed by atoms with Gasteiger partial charge >= 0.3 is 0 Å². The Hall–Kier alpha value is -7.36. The van der Waals surface area contributed by atoms with Gasteiger partial charge in [0.2, 0.25) is 0 Å². The van der Waals surface area contributed by atoms with E-state index >= 15 is 0 Å². The Morgan fingerprint density at radius 3 is 1.29 bits per heavy atom. The van der Waals surface area contributed by atoms with Gasteiger partial charge in [-0.2, -0.15) is 0 Å². The Balaban J connectivity index is 1.14. The summed E-state index contributed by atoms with van der Waals surface area (Å²) in [7, 11) is 0. The van der Waals surface area contributed by atoms with E-state index in [9.17, 15) is 0 Å². The second-order valence-electron chi connectivity index (χ2n) is 13.8. The van der Waals surface area contributed by atoms with E-state index in [1.807, 2.05) is 36.4 Å². The van der Waals surface area contributed by atoms with Crippen LogP contribution in [0.5, 0.6) is 0 Å². The largest absolute Gasteiger partial charge is 0.456 e. The standard InChI is InChI=1S/C52H34N2O/c1-5-14-35(15-6-1)38-24-26-40(27-25-38)48-34-47(39-20-11-4-12-21-39)53-52(54-48)45-22-13-23-50-51(45)46-33-41(28-29-49(46)55-50)44-31-42(36-16-7-2-8-17-36)30-43(32-44)37-18-9-3-10-19-37/h1-34H. The molecule has 0 saturated heterocycles. The Morgan fingerprint density at radius 1 is 0.291 bits per heavy atom. The topological polar surface area (TPSA) is 38.9 Å². The molecule has 0 amide bonds. The van der Waals surface area contributed by atoms with Crippen LogP contribution in [-0.4, -0.2) is 9.97 Å². The summed E-state index contributed by atoms with van der Waals surface area (Å²) in [5, 5.41) is 2.02. The minimum atomic E-state index is 0.652. The van der Waals surface area contributed by atoms with E-state index < -0.39 is 0 Å². The maximum atomic E-state index is 6.52. The zero-order valence-corrected chi connectivity index (χ0v) is 29.9. The average Bonchev–Trinajstić information content (AvgIpc) is 3.66. The fourth-order valence-corrected chi connectivity index (χ4v) is 7.52. The molecule has 3 heteroatoms. The molecule has 0 N–H and O–H groups in total. The van der Waals surface area contributed by atoms with Crippen LogP contribution in [0.4, 0.5) is 0 Å². The van der Waals surface area contributed by atoms with Gasteiger partial charge in [0, 0.05) is 27.5 Å². The normalized spacial score (nSPS) is 11.3. The molecule has 0 atom stereocenters. The summed E-state index contributed by atoms with van der Waals surface area (Å²) >= 11 is 0. The fraction of sp³-hybridized carbons (Fsp3) is 0. The molecule has 55 heavy (non-hydrogen) atoms. The molecule has 10 aromatic rings. The van der Waals surface area contributed by atoms with Crippen LogP contribution in [0, 0.1) is 0 Å². The summed E-state index contributed by atoms with van der Waals surface area (Å²) in [5.74, 6) is 0.652. The van der Waals surface area contributed by atoms with Crippen LogP contribution in [-0.2, 0) is 0 Å². The third kappa shape index (κ3) is 6.28. The summed E-state index contributed by atoms with van der Waals surface area (Å²) in [6.07, 6.45) is 0. The van der Waals surface area contributed by atoms with Crippen LogP contribution < -0.4 is 0 Å². The van der Waals surface area contributed by atoms with Crippen molar-refractivity contribution >= 4 is 21.9 Å². The van der Waals surface area contributed by atoms with Gasteiger partial charge in [-0.3, -0.25) is 0 Å². The fourth-order valence-electron chi connectivity index (χ4n) is 7.52. The molecule has 0 aliphatic carbocycles. The van der Waals surface area contributed by atoms with Crippen LogP contribution in [0.15, 0.2) is 211 Å². The van der Waals surface area contributed by atoms with Crippen molar-refractivity contribution in [3.05, 3.63) is 206 Å². The lowest BCUT2D eigenvalue weighted by atomic mass is 9.92. The van der Waals surface area contributed by atoms with E-state index in [-0.39, 0.29) is 0 Å². The number of benzene rings is 8. The van der Waals surface area contributed by atoms with Crippen molar-refractivity contribution in [3.63, 3.8) is 0 Å². The second kappa shape index (κ2) is 13.9. The maximum Gasteiger partial charge on any atom is 0.161 e. The molecule has 0 unspecified atom stereocenters. The van der Waals surface area contributed by atoms with Crippen molar-refractivity contribution in [3.8, 4) is 78.4 Å². The third-order valence-corrected chi connectivity index (χ3v) is 10.3. The van der Waals surface area contributed by atoms with E-state index in [0.29, 0.717) is 5.82 Å². The molecule has 0 bridgehead atoms. The number of fused-ring (bicyclic) bond motifs is 3. The zero-order chi connectivity index (χ0) is 36.6. The molecule has 0 saturated carbocycles. The molecule has 0 aliphatic rings. The van der Waals surface area contributed by atoms with Crippen molar-refractivity contribution in [2.45, 2.75) is 0 Å². The summed E-state index contributed by atoms with van der Waals surface area (Å²) in [5.41, 5.74) is 15.6. The Labute approximate surface area is 319 Å². The number of hydrogen-bond donors (Lipinski definition) is 0. The van der Waals surface area contributed by atoms with E-state index in [1.54, 1.807) is 0 Å². The first-order chi connectivity index (χ1) is 27.2. The highest BCUT2D eigenvalue weighted by molar-refractivity contribution is 6.13. The summed E-state index contributed by atoms with van der Waals surface area (Å²) in [6, 6.07) is 72.2. The number of rotatable bonds is 7. The van der Waals surface area contributed by atoms with Gasteiger partial charge in [-0.1, -0.05) is 164 Å². The molecule has 0 fully saturated rings. The zero-order valence-electron chi connectivity index (χ0n) is 29.9. The van der Waals surface area contributed by atoms with Gasteiger partial charge in [0.05, 0.1) is 11.4 Å². The Kier molecular flexibility index (Phi) is 8.16. The van der Waals surface area contributed by atoms with Crippen molar-refractivity contribution in [1.29, 1.82) is 0 Å². The van der Waals surface area contributed by atoms with Gasteiger partial charge in [0.25, 0.3) is 0 Å². The lowest BCUT2D eigenvalue weighted by Gasteiger charge is -2.12. The second-order valence-corrected chi connectivity index (χ2v) is 13.8. The van der Waals surface area contributed by atoms with Crippen LogP contribution in [0.1, 0.15) is 0 Å². The molecular weight excluding hydrogens is 669 g/mol. The molecule has 3 nitrogen and oxygen atoms in total. The minimum Gasteiger partial charge on any atom is -0.456 e. The predicted molar refractivity (Wildman–Crippen MR) is 227 cm³/mol. The Bertz CT molecular complexity index is 2880. The first kappa shape index (κ1) is 32.3. The lowest BCUT2D eigenvalue weighted by molar-refractivity contribution is 0.669. The van der Waals surface area contributed by atoms with Crippen molar-refractivity contribution in [1.82, 2.24) is 9.97 Å². The predicted octanol–water partition coefficient (Wildman–Crippen LogP) is 14.0. The van der Waals surface area contributed by atoms with Gasteiger partial charge < -0.3 is 4.42 Å². The van der Waals surface area contributed by atoms with Crippen molar-refractivity contribution < 1.29 is 4.42 Å². The third-order valence-electron chi connectivity index (χ3n) is 10.3. The van der Waals surface area contributed by atoms with Crippen LogP contribution >= 0.6 is 0 Å².